The van der Waals surface area contributed by atoms with Crippen molar-refractivity contribution in [2.45, 2.75) is 97.7 Å². The highest BCUT2D eigenvalue weighted by Gasteiger charge is 2.47. The number of hydrogen-bond acceptors (Lipinski definition) is 2. The minimum atomic E-state index is -1.98. The fourth-order valence-electron chi connectivity index (χ4n) is 5.78. The number of anilines is 1. The third-order valence-electron chi connectivity index (χ3n) is 7.63. The molecule has 1 amide bonds. The summed E-state index contributed by atoms with van der Waals surface area (Å²) in [6.07, 6.45) is 0.858. The smallest absolute Gasteiger partial charge is 0.258 e. The van der Waals surface area contributed by atoms with Crippen molar-refractivity contribution in [1.29, 1.82) is 0 Å². The molecule has 0 fully saturated rings. The van der Waals surface area contributed by atoms with Gasteiger partial charge in [-0.2, -0.15) is 0 Å². The second kappa shape index (κ2) is 8.70. The summed E-state index contributed by atoms with van der Waals surface area (Å²) in [5, 5.41) is 3.01. The van der Waals surface area contributed by atoms with Crippen LogP contribution in [0.15, 0.2) is 30.3 Å². The van der Waals surface area contributed by atoms with Crippen molar-refractivity contribution in [3.8, 4) is 5.75 Å². The van der Waals surface area contributed by atoms with Gasteiger partial charge in [0.05, 0.1) is 5.41 Å². The molecule has 2 aromatic carbocycles. The normalized spacial score (nSPS) is 15.5. The molecule has 1 aliphatic heterocycles. The van der Waals surface area contributed by atoms with Gasteiger partial charge in [-0.15, -0.1) is 0 Å². The summed E-state index contributed by atoms with van der Waals surface area (Å²) in [6.45, 7) is 22.4. The zero-order valence-corrected chi connectivity index (χ0v) is 22.6. The molecule has 2 aromatic rings. The average molecular weight is 452 g/mol. The van der Waals surface area contributed by atoms with E-state index >= 15 is 0 Å². The van der Waals surface area contributed by atoms with E-state index in [-0.39, 0.29) is 5.91 Å². The lowest BCUT2D eigenvalue weighted by Crippen LogP contribution is -2.50. The Labute approximate surface area is 196 Å². The van der Waals surface area contributed by atoms with Crippen molar-refractivity contribution >= 4 is 19.9 Å². The molecular weight excluding hydrogens is 410 g/mol. The molecule has 0 atom stereocenters. The SMILES string of the molecule is Cc1cc(O[Si](C(C)C)(C(C)C)C(C)C)cc(C)c1Cc1ccc2c(c1)C(C)(C)C(=O)N2. The lowest BCUT2D eigenvalue weighted by Gasteiger charge is -2.42. The minimum absolute atomic E-state index is 0.0756. The van der Waals surface area contributed by atoms with Gasteiger partial charge in [-0.3, -0.25) is 4.79 Å². The van der Waals surface area contributed by atoms with E-state index in [1.807, 2.05) is 19.9 Å². The van der Waals surface area contributed by atoms with Crippen LogP contribution in [-0.4, -0.2) is 14.2 Å². The van der Waals surface area contributed by atoms with Gasteiger partial charge in [0, 0.05) is 5.69 Å². The quantitative estimate of drug-likeness (QED) is 0.438. The van der Waals surface area contributed by atoms with Crippen molar-refractivity contribution in [2.75, 3.05) is 5.32 Å². The van der Waals surface area contributed by atoms with E-state index < -0.39 is 13.7 Å². The van der Waals surface area contributed by atoms with Crippen LogP contribution in [0.3, 0.4) is 0 Å². The number of carbonyl (C=O) groups is 1. The summed E-state index contributed by atoms with van der Waals surface area (Å²) >= 11 is 0. The van der Waals surface area contributed by atoms with E-state index in [4.69, 9.17) is 4.43 Å². The fourth-order valence-corrected chi connectivity index (χ4v) is 11.0. The number of fused-ring (bicyclic) bond motifs is 1. The summed E-state index contributed by atoms with van der Waals surface area (Å²) in [4.78, 5) is 12.3. The molecule has 0 radical (unpaired) electrons. The molecule has 0 saturated carbocycles. The van der Waals surface area contributed by atoms with Gasteiger partial charge in [0.1, 0.15) is 5.75 Å². The number of aryl methyl sites for hydroxylation is 2. The molecule has 0 aromatic heterocycles. The zero-order chi connectivity index (χ0) is 24.0. The number of nitrogens with one attached hydrogen (secondary N) is 1. The Morgan fingerprint density at radius 1 is 0.906 bits per heavy atom. The Hall–Kier alpha value is -2.07. The molecule has 1 aliphatic rings. The third kappa shape index (κ3) is 4.14. The van der Waals surface area contributed by atoms with Gasteiger partial charge >= 0.3 is 0 Å². The van der Waals surface area contributed by atoms with E-state index in [0.29, 0.717) is 16.6 Å². The van der Waals surface area contributed by atoms with Crippen LogP contribution in [0.4, 0.5) is 5.69 Å². The van der Waals surface area contributed by atoms with Gasteiger partial charge in [0.15, 0.2) is 0 Å². The Kier molecular flexibility index (Phi) is 6.68. The van der Waals surface area contributed by atoms with Crippen LogP contribution in [0.5, 0.6) is 5.75 Å². The second-order valence-electron chi connectivity index (χ2n) is 11.1. The Morgan fingerprint density at radius 2 is 1.44 bits per heavy atom. The number of amides is 1. The monoisotopic (exact) mass is 451 g/mol. The average Bonchev–Trinajstić information content (AvgIpc) is 2.90. The highest BCUT2D eigenvalue weighted by atomic mass is 28.4. The Balaban J connectivity index is 1.93. The van der Waals surface area contributed by atoms with Crippen LogP contribution in [0.1, 0.15) is 83.2 Å². The van der Waals surface area contributed by atoms with Crippen molar-refractivity contribution in [3.05, 3.63) is 58.1 Å². The fraction of sp³-hybridized carbons (Fsp3) is 0.536. The predicted octanol–water partition coefficient (Wildman–Crippen LogP) is 7.68. The van der Waals surface area contributed by atoms with Crippen LogP contribution in [0.25, 0.3) is 0 Å². The summed E-state index contributed by atoms with van der Waals surface area (Å²) in [7, 11) is -1.98. The minimum Gasteiger partial charge on any atom is -0.543 e. The van der Waals surface area contributed by atoms with Crippen LogP contribution in [0, 0.1) is 13.8 Å². The van der Waals surface area contributed by atoms with E-state index in [1.165, 1.54) is 22.3 Å². The zero-order valence-electron chi connectivity index (χ0n) is 21.6. The third-order valence-corrected chi connectivity index (χ3v) is 13.6. The maximum Gasteiger partial charge on any atom is 0.258 e. The lowest BCUT2D eigenvalue weighted by molar-refractivity contribution is -0.119. The van der Waals surface area contributed by atoms with E-state index in [9.17, 15) is 4.79 Å². The van der Waals surface area contributed by atoms with Crippen molar-refractivity contribution in [1.82, 2.24) is 0 Å². The number of benzene rings is 2. The predicted molar refractivity (Wildman–Crippen MR) is 138 cm³/mol. The van der Waals surface area contributed by atoms with E-state index in [1.54, 1.807) is 0 Å². The van der Waals surface area contributed by atoms with Crippen LogP contribution < -0.4 is 9.74 Å². The molecule has 3 nitrogen and oxygen atoms in total. The molecule has 174 valence electrons. The Morgan fingerprint density at radius 3 is 1.94 bits per heavy atom. The van der Waals surface area contributed by atoms with E-state index in [2.05, 4.69) is 85.0 Å². The Bertz CT molecular complexity index is 975. The highest BCUT2D eigenvalue weighted by molar-refractivity contribution is 6.78. The van der Waals surface area contributed by atoms with Crippen LogP contribution >= 0.6 is 0 Å². The van der Waals surface area contributed by atoms with Crippen molar-refractivity contribution < 1.29 is 9.22 Å². The summed E-state index contributed by atoms with van der Waals surface area (Å²) in [6, 6.07) is 10.9. The molecule has 1 heterocycles. The molecule has 0 saturated heterocycles. The van der Waals surface area contributed by atoms with Gasteiger partial charge in [-0.1, -0.05) is 53.7 Å². The number of carbonyl (C=O) groups excluding carboxylic acids is 1. The van der Waals surface area contributed by atoms with Crippen LogP contribution in [0.2, 0.25) is 16.6 Å². The van der Waals surface area contributed by atoms with Gasteiger partial charge < -0.3 is 9.74 Å². The summed E-state index contributed by atoms with van der Waals surface area (Å²) in [5.74, 6) is 1.10. The maximum atomic E-state index is 12.3. The lowest BCUT2D eigenvalue weighted by atomic mass is 9.84. The molecule has 0 bridgehead atoms. The first-order valence-corrected chi connectivity index (χ1v) is 14.2. The molecular formula is C28H41NO2Si. The summed E-state index contributed by atoms with van der Waals surface area (Å²) < 4.78 is 6.95. The molecule has 3 rings (SSSR count). The first-order valence-electron chi connectivity index (χ1n) is 12.0. The molecule has 0 unspecified atom stereocenters. The molecule has 32 heavy (non-hydrogen) atoms. The largest absolute Gasteiger partial charge is 0.543 e. The molecule has 0 aliphatic carbocycles. The molecule has 4 heteroatoms. The number of rotatable bonds is 7. The van der Waals surface area contributed by atoms with Crippen molar-refractivity contribution in [3.63, 3.8) is 0 Å². The first-order chi connectivity index (χ1) is 14.8. The maximum absolute atomic E-state index is 12.3. The van der Waals surface area contributed by atoms with E-state index in [0.717, 1.165) is 23.4 Å². The van der Waals surface area contributed by atoms with Gasteiger partial charge in [0.25, 0.3) is 8.32 Å². The topological polar surface area (TPSA) is 38.3 Å². The van der Waals surface area contributed by atoms with Crippen molar-refractivity contribution in [2.24, 2.45) is 0 Å². The molecule has 0 spiro atoms. The molecule has 1 N–H and O–H groups in total. The second-order valence-corrected chi connectivity index (χ2v) is 16.5. The highest BCUT2D eigenvalue weighted by Crippen LogP contribution is 2.43. The first kappa shape index (κ1) is 24.6. The van der Waals surface area contributed by atoms with Crippen LogP contribution in [-0.2, 0) is 16.6 Å². The van der Waals surface area contributed by atoms with Gasteiger partial charge in [-0.25, -0.2) is 0 Å². The van der Waals surface area contributed by atoms with Gasteiger partial charge in [0.2, 0.25) is 5.91 Å². The summed E-state index contributed by atoms with van der Waals surface area (Å²) in [5.41, 5.74) is 8.33. The van der Waals surface area contributed by atoms with Gasteiger partial charge in [-0.05, 0) is 96.8 Å². The standard InChI is InChI=1S/C28H41NO2Si/c1-17(2)32(18(3)4,19(5)6)31-23-13-20(7)24(21(8)14-23)15-22-11-12-26-25(16-22)28(9,10)27(30)29-26/h11-14,16-19H,15H2,1-10H3,(H,29,30). The number of hydrogen-bond donors (Lipinski definition) is 1.